The van der Waals surface area contributed by atoms with Crippen LogP contribution in [0.3, 0.4) is 0 Å². The largest absolute Gasteiger partial charge is 0.449 e. The maximum absolute atomic E-state index is 5.80. The van der Waals surface area contributed by atoms with Gasteiger partial charge in [0, 0.05) is 18.6 Å². The highest BCUT2D eigenvalue weighted by Crippen LogP contribution is 2.34. The molecule has 16 heavy (non-hydrogen) atoms. The molecule has 3 nitrogen and oxygen atoms in total. The average molecular weight is 244 g/mol. The Hall–Kier alpha value is -0.510. The van der Waals surface area contributed by atoms with Crippen LogP contribution in [0.4, 0.5) is 0 Å². The van der Waals surface area contributed by atoms with E-state index in [2.05, 4.69) is 12.2 Å². The summed E-state index contributed by atoms with van der Waals surface area (Å²) in [5, 5.41) is 3.98. The maximum Gasteiger partial charge on any atom is 0.193 e. The highest BCUT2D eigenvalue weighted by Gasteiger charge is 2.33. The topological polar surface area (TPSA) is 34.4 Å². The number of ether oxygens (including phenoxy) is 1. The molecule has 2 unspecified atom stereocenters. The van der Waals surface area contributed by atoms with Crippen LogP contribution in [0.2, 0.25) is 5.22 Å². The maximum atomic E-state index is 5.80. The molecule has 1 saturated heterocycles. The van der Waals surface area contributed by atoms with Crippen LogP contribution in [0, 0.1) is 0 Å². The Kier molecular flexibility index (Phi) is 3.57. The number of rotatable bonds is 3. The summed E-state index contributed by atoms with van der Waals surface area (Å²) in [6, 6.07) is 3.79. The smallest absolute Gasteiger partial charge is 0.193 e. The van der Waals surface area contributed by atoms with E-state index in [1.165, 1.54) is 0 Å². The first-order chi connectivity index (χ1) is 7.63. The molecule has 1 aromatic heterocycles. The summed E-state index contributed by atoms with van der Waals surface area (Å²) < 4.78 is 10.7. The van der Waals surface area contributed by atoms with Gasteiger partial charge in [0.15, 0.2) is 5.22 Å². The van der Waals surface area contributed by atoms with E-state index in [1.54, 1.807) is 7.11 Å². The standard InChI is InChI=1S/C12H18ClNO2/c1-12(8-15-2)7-9(5-6-14-12)10-3-4-11(13)16-10/h3-4,9,14H,5-8H2,1-2H3. The molecule has 1 N–H and O–H groups in total. The fourth-order valence-corrected chi connectivity index (χ4v) is 2.64. The molecule has 1 aromatic rings. The third-order valence-electron chi connectivity index (χ3n) is 3.20. The average Bonchev–Trinajstić information content (AvgIpc) is 2.65. The molecule has 90 valence electrons. The van der Waals surface area contributed by atoms with Crippen LogP contribution in [-0.2, 0) is 4.74 Å². The Morgan fingerprint density at radius 2 is 2.44 bits per heavy atom. The number of furan rings is 1. The van der Waals surface area contributed by atoms with Crippen LogP contribution in [0.25, 0.3) is 0 Å². The van der Waals surface area contributed by atoms with E-state index in [-0.39, 0.29) is 5.54 Å². The molecule has 0 aromatic carbocycles. The van der Waals surface area contributed by atoms with Crippen molar-refractivity contribution in [3.05, 3.63) is 23.1 Å². The number of hydrogen-bond acceptors (Lipinski definition) is 3. The summed E-state index contributed by atoms with van der Waals surface area (Å²) in [7, 11) is 1.74. The van der Waals surface area contributed by atoms with E-state index >= 15 is 0 Å². The van der Waals surface area contributed by atoms with Gasteiger partial charge in [-0.05, 0) is 50.0 Å². The molecule has 2 heterocycles. The summed E-state index contributed by atoms with van der Waals surface area (Å²) in [5.41, 5.74) is 0.0386. The Morgan fingerprint density at radius 3 is 3.06 bits per heavy atom. The highest BCUT2D eigenvalue weighted by molar-refractivity contribution is 6.28. The van der Waals surface area contributed by atoms with Crippen molar-refractivity contribution in [1.82, 2.24) is 5.32 Å². The first-order valence-electron chi connectivity index (χ1n) is 5.62. The van der Waals surface area contributed by atoms with Crippen molar-refractivity contribution in [3.8, 4) is 0 Å². The van der Waals surface area contributed by atoms with E-state index in [0.29, 0.717) is 11.1 Å². The predicted octanol–water partition coefficient (Wildman–Crippen LogP) is 2.81. The zero-order valence-electron chi connectivity index (χ0n) is 9.75. The van der Waals surface area contributed by atoms with Crippen molar-refractivity contribution in [2.45, 2.75) is 31.2 Å². The molecule has 1 aliphatic rings. The number of hydrogen-bond donors (Lipinski definition) is 1. The summed E-state index contributed by atoms with van der Waals surface area (Å²) in [5.74, 6) is 1.43. The lowest BCUT2D eigenvalue weighted by atomic mass is 9.82. The Morgan fingerprint density at radius 1 is 1.62 bits per heavy atom. The van der Waals surface area contributed by atoms with Crippen LogP contribution in [0.5, 0.6) is 0 Å². The summed E-state index contributed by atoms with van der Waals surface area (Å²) in [4.78, 5) is 0. The first-order valence-corrected chi connectivity index (χ1v) is 6.00. The molecule has 2 atom stereocenters. The highest BCUT2D eigenvalue weighted by atomic mass is 35.5. The van der Waals surface area contributed by atoms with E-state index in [4.69, 9.17) is 20.8 Å². The molecule has 0 saturated carbocycles. The molecule has 0 radical (unpaired) electrons. The van der Waals surface area contributed by atoms with Crippen molar-refractivity contribution < 1.29 is 9.15 Å². The molecule has 2 rings (SSSR count). The second-order valence-electron chi connectivity index (χ2n) is 4.75. The van der Waals surface area contributed by atoms with Gasteiger partial charge in [0.1, 0.15) is 5.76 Å². The van der Waals surface area contributed by atoms with E-state index in [1.807, 2.05) is 12.1 Å². The third kappa shape index (κ3) is 2.59. The molecule has 0 aliphatic carbocycles. The lowest BCUT2D eigenvalue weighted by Gasteiger charge is -2.38. The van der Waals surface area contributed by atoms with Crippen LogP contribution >= 0.6 is 11.6 Å². The zero-order valence-corrected chi connectivity index (χ0v) is 10.5. The summed E-state index contributed by atoms with van der Waals surface area (Å²) in [6.45, 7) is 3.90. The van der Waals surface area contributed by atoms with Gasteiger partial charge in [0.05, 0.1) is 6.61 Å². The number of piperidine rings is 1. The van der Waals surface area contributed by atoms with Crippen molar-refractivity contribution in [2.24, 2.45) is 0 Å². The Labute approximate surface area is 101 Å². The molecule has 0 amide bonds. The molecule has 1 aliphatic heterocycles. The van der Waals surface area contributed by atoms with Crippen molar-refractivity contribution in [1.29, 1.82) is 0 Å². The van der Waals surface area contributed by atoms with Crippen LogP contribution in [0.15, 0.2) is 16.5 Å². The fraction of sp³-hybridized carbons (Fsp3) is 0.667. The minimum Gasteiger partial charge on any atom is -0.449 e. The molecular weight excluding hydrogens is 226 g/mol. The third-order valence-corrected chi connectivity index (χ3v) is 3.40. The van der Waals surface area contributed by atoms with Gasteiger partial charge < -0.3 is 14.5 Å². The number of halogens is 1. The summed E-state index contributed by atoms with van der Waals surface area (Å²) >= 11 is 5.80. The van der Waals surface area contributed by atoms with Gasteiger partial charge in [-0.1, -0.05) is 0 Å². The minimum atomic E-state index is 0.0386. The van der Waals surface area contributed by atoms with E-state index in [0.717, 1.165) is 31.8 Å². The van der Waals surface area contributed by atoms with Crippen LogP contribution < -0.4 is 5.32 Å². The monoisotopic (exact) mass is 243 g/mol. The quantitative estimate of drug-likeness (QED) is 0.887. The normalized spacial score (nSPS) is 30.6. The van der Waals surface area contributed by atoms with Crippen molar-refractivity contribution >= 4 is 11.6 Å². The number of methoxy groups -OCH3 is 1. The van der Waals surface area contributed by atoms with Gasteiger partial charge >= 0.3 is 0 Å². The Bertz CT molecular complexity index is 349. The Balaban J connectivity index is 2.07. The van der Waals surface area contributed by atoms with Crippen LogP contribution in [0.1, 0.15) is 31.4 Å². The lowest BCUT2D eigenvalue weighted by molar-refractivity contribution is 0.0918. The summed E-state index contributed by atoms with van der Waals surface area (Å²) in [6.07, 6.45) is 2.10. The van der Waals surface area contributed by atoms with Gasteiger partial charge in [-0.2, -0.15) is 0 Å². The first kappa shape index (κ1) is 12.0. The molecule has 1 fully saturated rings. The van der Waals surface area contributed by atoms with Gasteiger partial charge in [0.2, 0.25) is 0 Å². The zero-order chi connectivity index (χ0) is 11.6. The molecule has 4 heteroatoms. The van der Waals surface area contributed by atoms with Gasteiger partial charge in [0.25, 0.3) is 0 Å². The molecule has 0 bridgehead atoms. The second-order valence-corrected chi connectivity index (χ2v) is 5.12. The SMILES string of the molecule is COCC1(C)CC(c2ccc(Cl)o2)CCN1. The van der Waals surface area contributed by atoms with Gasteiger partial charge in [-0.15, -0.1) is 0 Å². The number of nitrogens with one attached hydrogen (secondary N) is 1. The molecular formula is C12H18ClNO2. The van der Waals surface area contributed by atoms with Crippen LogP contribution in [-0.4, -0.2) is 25.8 Å². The van der Waals surface area contributed by atoms with Crippen molar-refractivity contribution in [2.75, 3.05) is 20.3 Å². The lowest BCUT2D eigenvalue weighted by Crippen LogP contribution is -2.51. The van der Waals surface area contributed by atoms with E-state index < -0.39 is 0 Å². The van der Waals surface area contributed by atoms with E-state index in [9.17, 15) is 0 Å². The second kappa shape index (κ2) is 4.78. The van der Waals surface area contributed by atoms with Crippen molar-refractivity contribution in [3.63, 3.8) is 0 Å². The minimum absolute atomic E-state index is 0.0386. The van der Waals surface area contributed by atoms with Gasteiger partial charge in [-0.3, -0.25) is 0 Å². The predicted molar refractivity (Wildman–Crippen MR) is 64.0 cm³/mol. The van der Waals surface area contributed by atoms with Gasteiger partial charge in [-0.25, -0.2) is 0 Å². The molecule has 0 spiro atoms. The fourth-order valence-electron chi connectivity index (χ4n) is 2.49.